The molecule has 1 saturated carbocycles. The quantitative estimate of drug-likeness (QED) is 0.491. The Morgan fingerprint density at radius 2 is 2.12 bits per heavy atom. The molecule has 0 amide bonds. The molecule has 92 valence electrons. The zero-order valence-corrected chi connectivity index (χ0v) is 10.9. The number of amidine groups is 1. The number of nitrogens with zero attached hydrogens (tertiary/aromatic N) is 2. The van der Waals surface area contributed by atoms with Crippen LogP contribution in [0.25, 0.3) is 0 Å². The lowest BCUT2D eigenvalue weighted by Gasteiger charge is -2.21. The van der Waals surface area contributed by atoms with Crippen LogP contribution in [0.15, 0.2) is 11.2 Å². The van der Waals surface area contributed by atoms with E-state index in [1.807, 2.05) is 6.92 Å². The lowest BCUT2D eigenvalue weighted by molar-refractivity contribution is 0.515. The number of hydrogen-bond donors (Lipinski definition) is 2. The number of aryl methyl sites for hydroxylation is 1. The van der Waals surface area contributed by atoms with E-state index >= 15 is 0 Å². The van der Waals surface area contributed by atoms with Gasteiger partial charge in [-0.2, -0.15) is 0 Å². The predicted molar refractivity (Wildman–Crippen MR) is 70.5 cm³/mol. The minimum absolute atomic E-state index is 0.0586. The van der Waals surface area contributed by atoms with E-state index < -0.39 is 0 Å². The Morgan fingerprint density at radius 3 is 2.76 bits per heavy atom. The van der Waals surface area contributed by atoms with Crippen LogP contribution in [-0.4, -0.2) is 21.1 Å². The van der Waals surface area contributed by atoms with Crippen LogP contribution in [0.2, 0.25) is 0 Å². The lowest BCUT2D eigenvalue weighted by Crippen LogP contribution is -2.16. The summed E-state index contributed by atoms with van der Waals surface area (Å²) in [6.07, 6.45) is 8.10. The smallest absolute Gasteiger partial charge is 0.127 e. The predicted octanol–water partition coefficient (Wildman–Crippen LogP) is 2.49. The molecule has 0 aliphatic heterocycles. The van der Waals surface area contributed by atoms with Crippen LogP contribution in [0, 0.1) is 12.3 Å². The Kier molecular flexibility index (Phi) is 3.99. The molecule has 1 fully saturated rings. The zero-order valence-electron chi connectivity index (χ0n) is 10.1. The highest BCUT2D eigenvalue weighted by atomic mass is 32.2. The van der Waals surface area contributed by atoms with Gasteiger partial charge in [0.25, 0.3) is 0 Å². The van der Waals surface area contributed by atoms with Gasteiger partial charge in [0.15, 0.2) is 0 Å². The molecule has 0 aromatic carbocycles. The van der Waals surface area contributed by atoms with Crippen molar-refractivity contribution in [1.29, 1.82) is 5.41 Å². The Bertz CT molecular complexity index is 413. The summed E-state index contributed by atoms with van der Waals surface area (Å²) in [5.74, 6) is 0.802. The van der Waals surface area contributed by atoms with Crippen molar-refractivity contribution in [3.8, 4) is 0 Å². The Balaban J connectivity index is 2.17. The van der Waals surface area contributed by atoms with Gasteiger partial charge >= 0.3 is 0 Å². The highest BCUT2D eigenvalue weighted by Crippen LogP contribution is 2.33. The highest BCUT2D eigenvalue weighted by Gasteiger charge is 2.18. The summed E-state index contributed by atoms with van der Waals surface area (Å²) in [7, 11) is 0. The van der Waals surface area contributed by atoms with Crippen LogP contribution >= 0.6 is 11.8 Å². The van der Waals surface area contributed by atoms with E-state index in [4.69, 9.17) is 11.1 Å². The van der Waals surface area contributed by atoms with Crippen LogP contribution in [0.1, 0.15) is 43.5 Å². The fraction of sp³-hybridized carbons (Fsp3) is 0.583. The molecule has 0 radical (unpaired) electrons. The molecule has 1 aromatic heterocycles. The van der Waals surface area contributed by atoms with E-state index in [1.54, 1.807) is 18.0 Å². The third kappa shape index (κ3) is 3.19. The average molecular weight is 250 g/mol. The van der Waals surface area contributed by atoms with E-state index in [2.05, 4.69) is 9.97 Å². The Hall–Kier alpha value is -1.10. The molecule has 1 aliphatic carbocycles. The number of hydrogen-bond acceptors (Lipinski definition) is 4. The molecule has 1 heterocycles. The fourth-order valence-electron chi connectivity index (χ4n) is 2.06. The maximum absolute atomic E-state index is 7.55. The summed E-state index contributed by atoms with van der Waals surface area (Å²) >= 11 is 1.76. The van der Waals surface area contributed by atoms with Gasteiger partial charge in [-0.25, -0.2) is 9.97 Å². The molecular formula is C12H18N4S. The van der Waals surface area contributed by atoms with Crippen LogP contribution in [0.5, 0.6) is 0 Å². The number of nitrogen functional groups attached to an aromatic ring is 1. The molecule has 4 nitrogen and oxygen atoms in total. The van der Waals surface area contributed by atoms with E-state index in [9.17, 15) is 0 Å². The van der Waals surface area contributed by atoms with Gasteiger partial charge in [-0.1, -0.05) is 19.3 Å². The number of rotatable bonds is 3. The second-order valence-electron chi connectivity index (χ2n) is 4.43. The van der Waals surface area contributed by atoms with Crippen molar-refractivity contribution in [1.82, 2.24) is 9.97 Å². The fourth-order valence-corrected chi connectivity index (χ4v) is 3.42. The van der Waals surface area contributed by atoms with Crippen molar-refractivity contribution >= 4 is 17.6 Å². The van der Waals surface area contributed by atoms with Gasteiger partial charge in [0.05, 0.1) is 5.56 Å². The van der Waals surface area contributed by atoms with Gasteiger partial charge in [-0.05, 0) is 19.8 Å². The summed E-state index contributed by atoms with van der Waals surface area (Å²) in [6, 6.07) is 0. The molecule has 0 unspecified atom stereocenters. The Labute approximate surface area is 106 Å². The third-order valence-electron chi connectivity index (χ3n) is 2.99. The number of aromatic nitrogens is 2. The van der Waals surface area contributed by atoms with Gasteiger partial charge in [0.1, 0.15) is 16.7 Å². The van der Waals surface area contributed by atoms with Gasteiger partial charge in [-0.3, -0.25) is 5.41 Å². The molecule has 1 aromatic rings. The van der Waals surface area contributed by atoms with Gasteiger partial charge in [0, 0.05) is 11.4 Å². The summed E-state index contributed by atoms with van der Waals surface area (Å²) in [5.41, 5.74) is 6.23. The van der Waals surface area contributed by atoms with E-state index in [0.29, 0.717) is 10.8 Å². The zero-order chi connectivity index (χ0) is 12.3. The third-order valence-corrected chi connectivity index (χ3v) is 4.33. The maximum Gasteiger partial charge on any atom is 0.127 e. The summed E-state index contributed by atoms with van der Waals surface area (Å²) in [4.78, 5) is 8.53. The Morgan fingerprint density at radius 1 is 1.41 bits per heavy atom. The van der Waals surface area contributed by atoms with Crippen molar-refractivity contribution in [3.05, 3.63) is 17.6 Å². The van der Waals surface area contributed by atoms with Gasteiger partial charge in [0.2, 0.25) is 0 Å². The molecule has 17 heavy (non-hydrogen) atoms. The first-order valence-corrected chi connectivity index (χ1v) is 6.89. The molecular weight excluding hydrogens is 232 g/mol. The molecule has 0 atom stereocenters. The minimum Gasteiger partial charge on any atom is -0.384 e. The molecule has 5 heteroatoms. The first-order chi connectivity index (χ1) is 8.16. The summed E-state index contributed by atoms with van der Waals surface area (Å²) < 4.78 is 0. The lowest BCUT2D eigenvalue weighted by atomic mass is 10.0. The second kappa shape index (κ2) is 5.49. The number of thioether (sulfide) groups is 1. The standard InChI is InChI=1S/C12H18N4S/c1-8-15-7-10(11(13)14)12(16-8)17-9-5-3-2-4-6-9/h7,9H,2-6H2,1H3,(H3,13,14). The van der Waals surface area contributed by atoms with Crippen molar-refractivity contribution in [2.24, 2.45) is 5.73 Å². The van der Waals surface area contributed by atoms with Crippen LogP contribution in [0.4, 0.5) is 0 Å². The van der Waals surface area contributed by atoms with Crippen molar-refractivity contribution in [3.63, 3.8) is 0 Å². The van der Waals surface area contributed by atoms with E-state index in [0.717, 1.165) is 10.9 Å². The monoisotopic (exact) mass is 250 g/mol. The maximum atomic E-state index is 7.55. The van der Waals surface area contributed by atoms with Gasteiger partial charge in [-0.15, -0.1) is 11.8 Å². The van der Waals surface area contributed by atoms with Crippen molar-refractivity contribution in [2.45, 2.75) is 49.3 Å². The second-order valence-corrected chi connectivity index (χ2v) is 5.72. The number of nitrogens with one attached hydrogen (secondary N) is 1. The van der Waals surface area contributed by atoms with E-state index in [-0.39, 0.29) is 5.84 Å². The molecule has 0 bridgehead atoms. The van der Waals surface area contributed by atoms with Crippen molar-refractivity contribution < 1.29 is 0 Å². The minimum atomic E-state index is 0.0586. The van der Waals surface area contributed by atoms with Crippen LogP contribution in [-0.2, 0) is 0 Å². The first kappa shape index (κ1) is 12.4. The topological polar surface area (TPSA) is 75.7 Å². The molecule has 0 saturated heterocycles. The molecule has 1 aliphatic rings. The highest BCUT2D eigenvalue weighted by molar-refractivity contribution is 7.99. The summed E-state index contributed by atoms with van der Waals surface area (Å²) in [6.45, 7) is 1.87. The first-order valence-electron chi connectivity index (χ1n) is 6.01. The normalized spacial score (nSPS) is 17.0. The number of nitrogens with two attached hydrogens (primary N) is 1. The largest absolute Gasteiger partial charge is 0.384 e. The summed E-state index contributed by atoms with van der Waals surface area (Å²) in [5, 5.41) is 9.04. The van der Waals surface area contributed by atoms with E-state index in [1.165, 1.54) is 32.1 Å². The average Bonchev–Trinajstić information content (AvgIpc) is 2.30. The molecule has 0 spiro atoms. The van der Waals surface area contributed by atoms with Crippen LogP contribution in [0.3, 0.4) is 0 Å². The van der Waals surface area contributed by atoms with Crippen molar-refractivity contribution in [2.75, 3.05) is 0 Å². The molecule has 3 N–H and O–H groups in total. The van der Waals surface area contributed by atoms with Crippen LogP contribution < -0.4 is 5.73 Å². The van der Waals surface area contributed by atoms with Gasteiger partial charge < -0.3 is 5.73 Å². The SMILES string of the molecule is Cc1ncc(C(=N)N)c(SC2CCCCC2)n1. The molecule has 2 rings (SSSR count).